The number of sulfonamides is 1. The Morgan fingerprint density at radius 3 is 2.70 bits per heavy atom. The molecule has 0 saturated carbocycles. The highest BCUT2D eigenvalue weighted by atomic mass is 35.5. The number of hydrogen-bond acceptors (Lipinski definition) is 5. The van der Waals surface area contributed by atoms with Crippen LogP contribution in [0.2, 0.25) is 0 Å². The number of amides is 1. The molecule has 3 aliphatic heterocycles. The number of nitrogens with zero attached hydrogens (tertiary/aromatic N) is 2. The fourth-order valence-corrected chi connectivity index (χ4v) is 5.49. The summed E-state index contributed by atoms with van der Waals surface area (Å²) >= 11 is 0. The minimum Gasteiger partial charge on any atom is -0.380 e. The minimum atomic E-state index is -3.32. The summed E-state index contributed by atoms with van der Waals surface area (Å²) in [6, 6.07) is 0.0163. The Kier molecular flexibility index (Phi) is 6.67. The molecule has 0 aromatic rings. The topological polar surface area (TPSA) is 79.0 Å². The van der Waals surface area contributed by atoms with Gasteiger partial charge in [-0.05, 0) is 25.7 Å². The van der Waals surface area contributed by atoms with Crippen LogP contribution < -0.4 is 5.32 Å². The minimum absolute atomic E-state index is 0. The molecule has 0 radical (unpaired) electrons. The van der Waals surface area contributed by atoms with Crippen molar-refractivity contribution < 1.29 is 17.9 Å². The van der Waals surface area contributed by atoms with E-state index in [1.165, 1.54) is 0 Å². The van der Waals surface area contributed by atoms with Crippen molar-refractivity contribution in [3.05, 3.63) is 0 Å². The normalized spacial score (nSPS) is 30.8. The zero-order chi connectivity index (χ0) is 15.6. The Morgan fingerprint density at radius 2 is 2.00 bits per heavy atom. The highest BCUT2D eigenvalue weighted by Gasteiger charge is 2.38. The lowest BCUT2D eigenvalue weighted by atomic mass is 10.1. The summed E-state index contributed by atoms with van der Waals surface area (Å²) in [5.74, 6) is 0.0801. The van der Waals surface area contributed by atoms with Gasteiger partial charge in [0.1, 0.15) is 0 Å². The summed E-state index contributed by atoms with van der Waals surface area (Å²) in [5, 5.41) is 2.64. The largest absolute Gasteiger partial charge is 0.380 e. The average molecular weight is 368 g/mol. The predicted octanol–water partition coefficient (Wildman–Crippen LogP) is -0.187. The average Bonchev–Trinajstić information content (AvgIpc) is 2.56. The van der Waals surface area contributed by atoms with Gasteiger partial charge in [0.25, 0.3) is 0 Å². The van der Waals surface area contributed by atoms with Crippen LogP contribution in [0.25, 0.3) is 0 Å². The Hall–Kier alpha value is -0.410. The van der Waals surface area contributed by atoms with Gasteiger partial charge in [-0.3, -0.25) is 4.79 Å². The fourth-order valence-electron chi connectivity index (χ4n) is 3.57. The van der Waals surface area contributed by atoms with Crippen LogP contribution in [0.15, 0.2) is 0 Å². The Balaban J connectivity index is 0.00000192. The zero-order valence-corrected chi connectivity index (χ0v) is 14.9. The number of carbonyl (C=O) groups excluding carboxylic acids is 1. The first kappa shape index (κ1) is 18.9. The third-order valence-electron chi connectivity index (χ3n) is 4.83. The maximum atomic E-state index is 12.8. The van der Waals surface area contributed by atoms with Gasteiger partial charge in [-0.1, -0.05) is 0 Å². The van der Waals surface area contributed by atoms with Gasteiger partial charge in [-0.25, -0.2) is 8.42 Å². The summed E-state index contributed by atoms with van der Waals surface area (Å²) in [5.41, 5.74) is 0. The maximum Gasteiger partial charge on any atom is 0.236 e. The van der Waals surface area contributed by atoms with Gasteiger partial charge in [0.05, 0.1) is 18.4 Å². The van der Waals surface area contributed by atoms with E-state index in [0.29, 0.717) is 45.8 Å². The molecular weight excluding hydrogens is 342 g/mol. The third-order valence-corrected chi connectivity index (χ3v) is 7.09. The molecule has 9 heteroatoms. The van der Waals surface area contributed by atoms with Gasteiger partial charge in [-0.2, -0.15) is 4.31 Å². The molecule has 1 N–H and O–H groups in total. The molecule has 0 spiro atoms. The summed E-state index contributed by atoms with van der Waals surface area (Å²) in [4.78, 5) is 13.9. The number of carbonyl (C=O) groups is 1. The lowest BCUT2D eigenvalue weighted by Gasteiger charge is -2.41. The van der Waals surface area contributed by atoms with E-state index in [4.69, 9.17) is 4.74 Å². The molecule has 134 valence electrons. The quantitative estimate of drug-likeness (QED) is 0.748. The number of ether oxygens (including phenoxy) is 1. The molecule has 7 nitrogen and oxygen atoms in total. The summed E-state index contributed by atoms with van der Waals surface area (Å²) in [6.07, 6.45) is 3.18. The van der Waals surface area contributed by atoms with Crippen LogP contribution in [0.5, 0.6) is 0 Å². The summed E-state index contributed by atoms with van der Waals surface area (Å²) in [7, 11) is -3.32. The first-order chi connectivity index (χ1) is 10.6. The van der Waals surface area contributed by atoms with Crippen molar-refractivity contribution in [3.8, 4) is 0 Å². The van der Waals surface area contributed by atoms with Crippen LogP contribution in [0.1, 0.15) is 25.7 Å². The van der Waals surface area contributed by atoms with Gasteiger partial charge in [0.2, 0.25) is 15.9 Å². The molecule has 3 saturated heterocycles. The first-order valence-electron chi connectivity index (χ1n) is 8.16. The zero-order valence-electron chi connectivity index (χ0n) is 13.3. The van der Waals surface area contributed by atoms with Crippen molar-refractivity contribution >= 4 is 28.3 Å². The molecule has 3 aliphatic rings. The highest BCUT2D eigenvalue weighted by molar-refractivity contribution is 7.89. The molecule has 0 aromatic heterocycles. The Morgan fingerprint density at radius 1 is 1.17 bits per heavy atom. The standard InChI is InChI=1S/C14H25N3O4S.ClH/c18-14-9-15-5-7-17(14)12-3-1-6-16(10-12)22(19,20)13-4-2-8-21-11-13;/h12-13,15H,1-11H2;1H. The van der Waals surface area contributed by atoms with E-state index in [2.05, 4.69) is 5.32 Å². The number of rotatable bonds is 3. The molecule has 0 aliphatic carbocycles. The molecule has 0 aromatic carbocycles. The number of hydrogen-bond donors (Lipinski definition) is 1. The van der Waals surface area contributed by atoms with Crippen molar-refractivity contribution in [2.75, 3.05) is 45.9 Å². The third kappa shape index (κ3) is 4.17. The predicted molar refractivity (Wildman–Crippen MR) is 89.2 cm³/mol. The second-order valence-corrected chi connectivity index (χ2v) is 8.52. The Bertz CT molecular complexity index is 510. The number of piperazine rings is 1. The molecule has 3 rings (SSSR count). The number of halogens is 1. The van der Waals surface area contributed by atoms with E-state index in [1.807, 2.05) is 4.90 Å². The molecule has 23 heavy (non-hydrogen) atoms. The SMILES string of the molecule is Cl.O=C1CNCCN1C1CCCN(S(=O)(=O)C2CCCOC2)C1. The van der Waals surface area contributed by atoms with Crippen LogP contribution in [-0.4, -0.2) is 80.8 Å². The molecule has 1 amide bonds. The van der Waals surface area contributed by atoms with E-state index in [-0.39, 0.29) is 24.4 Å². The monoisotopic (exact) mass is 367 g/mol. The van der Waals surface area contributed by atoms with Crippen LogP contribution >= 0.6 is 12.4 Å². The first-order valence-corrected chi connectivity index (χ1v) is 9.66. The molecule has 3 heterocycles. The van der Waals surface area contributed by atoms with Gasteiger partial charge in [0.15, 0.2) is 0 Å². The molecule has 2 atom stereocenters. The van der Waals surface area contributed by atoms with Crippen LogP contribution in [0.4, 0.5) is 0 Å². The van der Waals surface area contributed by atoms with Gasteiger partial charge in [-0.15, -0.1) is 12.4 Å². The summed E-state index contributed by atoms with van der Waals surface area (Å²) in [6.45, 7) is 3.77. The fraction of sp³-hybridized carbons (Fsp3) is 0.929. The van der Waals surface area contributed by atoms with Crippen molar-refractivity contribution in [1.82, 2.24) is 14.5 Å². The van der Waals surface area contributed by atoms with Crippen molar-refractivity contribution in [1.29, 1.82) is 0 Å². The molecular formula is C14H26ClN3O4S. The molecule has 3 fully saturated rings. The van der Waals surface area contributed by atoms with Crippen LogP contribution in [0, 0.1) is 0 Å². The van der Waals surface area contributed by atoms with Gasteiger partial charge < -0.3 is 15.0 Å². The Labute approximate surface area is 144 Å². The summed E-state index contributed by atoms with van der Waals surface area (Å²) < 4.78 is 32.5. The second-order valence-electron chi connectivity index (χ2n) is 6.30. The number of piperidine rings is 1. The van der Waals surface area contributed by atoms with E-state index < -0.39 is 15.3 Å². The molecule has 0 bridgehead atoms. The van der Waals surface area contributed by atoms with Crippen LogP contribution in [0.3, 0.4) is 0 Å². The van der Waals surface area contributed by atoms with E-state index in [1.54, 1.807) is 4.31 Å². The lowest BCUT2D eigenvalue weighted by Crippen LogP contribution is -2.58. The van der Waals surface area contributed by atoms with Gasteiger partial charge >= 0.3 is 0 Å². The van der Waals surface area contributed by atoms with Gasteiger partial charge in [0, 0.05) is 38.8 Å². The smallest absolute Gasteiger partial charge is 0.236 e. The van der Waals surface area contributed by atoms with Crippen LogP contribution in [-0.2, 0) is 19.6 Å². The lowest BCUT2D eigenvalue weighted by molar-refractivity contribution is -0.135. The maximum absolute atomic E-state index is 12.8. The van der Waals surface area contributed by atoms with Crippen molar-refractivity contribution in [2.45, 2.75) is 37.0 Å². The molecule has 2 unspecified atom stereocenters. The van der Waals surface area contributed by atoms with E-state index in [9.17, 15) is 13.2 Å². The highest BCUT2D eigenvalue weighted by Crippen LogP contribution is 2.24. The van der Waals surface area contributed by atoms with E-state index in [0.717, 1.165) is 25.8 Å². The number of nitrogens with one attached hydrogen (secondary N) is 1. The van der Waals surface area contributed by atoms with Crippen molar-refractivity contribution in [3.63, 3.8) is 0 Å². The van der Waals surface area contributed by atoms with E-state index >= 15 is 0 Å². The second kappa shape index (κ2) is 8.11. The van der Waals surface area contributed by atoms with Crippen molar-refractivity contribution in [2.24, 2.45) is 0 Å².